The van der Waals surface area contributed by atoms with Gasteiger partial charge in [0.2, 0.25) is 0 Å². The number of alkyl halides is 6. The molecule has 0 atom stereocenters. The SMILES string of the molecule is C/C(=N\Nc1cccc(C(F)(F)F)c1)c1ccc(OCc2ncc(C(F)(F)F)cc2Cl)cc1. The lowest BCUT2D eigenvalue weighted by molar-refractivity contribution is -0.138. The molecule has 1 heterocycles. The summed E-state index contributed by atoms with van der Waals surface area (Å²) in [6.45, 7) is 1.53. The van der Waals surface area contributed by atoms with Crippen molar-refractivity contribution in [3.63, 3.8) is 0 Å². The van der Waals surface area contributed by atoms with Gasteiger partial charge in [-0.15, -0.1) is 0 Å². The van der Waals surface area contributed by atoms with Crippen molar-refractivity contribution >= 4 is 23.0 Å². The first-order valence-corrected chi connectivity index (χ1v) is 9.73. The van der Waals surface area contributed by atoms with Crippen LogP contribution in [0.15, 0.2) is 65.9 Å². The second-order valence-electron chi connectivity index (χ2n) is 6.85. The van der Waals surface area contributed by atoms with Crippen LogP contribution in [0, 0.1) is 0 Å². The van der Waals surface area contributed by atoms with Gasteiger partial charge in [-0.1, -0.05) is 17.7 Å². The van der Waals surface area contributed by atoms with Gasteiger partial charge in [0.05, 0.1) is 33.2 Å². The molecular weight excluding hydrogens is 472 g/mol. The standard InChI is InChI=1S/C22H16ClF6N3O/c1-13(31-32-17-4-2-3-15(9-17)21(24,25)26)14-5-7-18(8-6-14)33-12-20-19(23)10-16(11-30-20)22(27,28)29/h2-11,32H,12H2,1H3/b31-13+. The van der Waals surface area contributed by atoms with Gasteiger partial charge in [-0.2, -0.15) is 31.4 Å². The van der Waals surface area contributed by atoms with E-state index < -0.39 is 23.5 Å². The van der Waals surface area contributed by atoms with Crippen LogP contribution in [0.4, 0.5) is 32.0 Å². The number of hydrogen-bond acceptors (Lipinski definition) is 4. The summed E-state index contributed by atoms with van der Waals surface area (Å²) in [4.78, 5) is 3.71. The number of ether oxygens (including phenoxy) is 1. The highest BCUT2D eigenvalue weighted by Crippen LogP contribution is 2.32. The van der Waals surface area contributed by atoms with E-state index >= 15 is 0 Å². The molecule has 3 rings (SSSR count). The summed E-state index contributed by atoms with van der Waals surface area (Å²) >= 11 is 5.86. The van der Waals surface area contributed by atoms with E-state index in [9.17, 15) is 26.3 Å². The van der Waals surface area contributed by atoms with Crippen molar-refractivity contribution < 1.29 is 31.1 Å². The summed E-state index contributed by atoms with van der Waals surface area (Å²) in [5.74, 6) is 0.412. The first kappa shape index (κ1) is 24.4. The van der Waals surface area contributed by atoms with E-state index in [0.29, 0.717) is 23.2 Å². The predicted molar refractivity (Wildman–Crippen MR) is 112 cm³/mol. The Balaban J connectivity index is 1.62. The molecule has 0 fully saturated rings. The molecule has 1 aromatic heterocycles. The minimum absolute atomic E-state index is 0.138. The highest BCUT2D eigenvalue weighted by Gasteiger charge is 2.32. The molecule has 0 aliphatic heterocycles. The minimum Gasteiger partial charge on any atom is -0.487 e. The topological polar surface area (TPSA) is 46.5 Å². The third-order valence-electron chi connectivity index (χ3n) is 4.43. The van der Waals surface area contributed by atoms with Gasteiger partial charge < -0.3 is 4.74 Å². The molecule has 1 N–H and O–H groups in total. The molecule has 2 aromatic carbocycles. The third-order valence-corrected chi connectivity index (χ3v) is 4.76. The van der Waals surface area contributed by atoms with Crippen molar-refractivity contribution in [3.05, 3.63) is 88.2 Å². The molecule has 0 aliphatic carbocycles. The van der Waals surface area contributed by atoms with Crippen LogP contribution in [0.2, 0.25) is 5.02 Å². The largest absolute Gasteiger partial charge is 0.487 e. The molecule has 0 saturated carbocycles. The number of rotatable bonds is 6. The van der Waals surface area contributed by atoms with Gasteiger partial charge in [-0.3, -0.25) is 10.4 Å². The maximum Gasteiger partial charge on any atom is 0.417 e. The Morgan fingerprint density at radius 3 is 2.24 bits per heavy atom. The van der Waals surface area contributed by atoms with Crippen LogP contribution in [0.5, 0.6) is 5.75 Å². The van der Waals surface area contributed by atoms with Gasteiger partial charge in [0.15, 0.2) is 0 Å². The van der Waals surface area contributed by atoms with E-state index in [-0.39, 0.29) is 23.0 Å². The van der Waals surface area contributed by atoms with Crippen molar-refractivity contribution in [2.45, 2.75) is 25.9 Å². The summed E-state index contributed by atoms with van der Waals surface area (Å²) in [6, 6.07) is 12.0. The molecule has 0 unspecified atom stereocenters. The monoisotopic (exact) mass is 487 g/mol. The molecule has 0 spiro atoms. The van der Waals surface area contributed by atoms with Crippen molar-refractivity contribution in [2.24, 2.45) is 5.10 Å². The Morgan fingerprint density at radius 1 is 0.970 bits per heavy atom. The normalized spacial score (nSPS) is 12.5. The maximum absolute atomic E-state index is 12.8. The summed E-state index contributed by atoms with van der Waals surface area (Å²) in [5.41, 5.74) is 2.37. The van der Waals surface area contributed by atoms with E-state index in [1.165, 1.54) is 12.1 Å². The highest BCUT2D eigenvalue weighted by atomic mass is 35.5. The highest BCUT2D eigenvalue weighted by molar-refractivity contribution is 6.31. The van der Waals surface area contributed by atoms with E-state index in [2.05, 4.69) is 15.5 Å². The zero-order valence-electron chi connectivity index (χ0n) is 16.9. The van der Waals surface area contributed by atoms with Gasteiger partial charge >= 0.3 is 12.4 Å². The Labute approximate surface area is 189 Å². The van der Waals surface area contributed by atoms with Crippen LogP contribution in [-0.4, -0.2) is 10.7 Å². The van der Waals surface area contributed by atoms with Crippen molar-refractivity contribution in [2.75, 3.05) is 5.43 Å². The number of nitrogens with one attached hydrogen (secondary N) is 1. The van der Waals surface area contributed by atoms with Crippen LogP contribution in [0.1, 0.15) is 29.3 Å². The number of benzene rings is 2. The van der Waals surface area contributed by atoms with Gasteiger partial charge in [-0.05, 0) is 61.0 Å². The fourth-order valence-corrected chi connectivity index (χ4v) is 2.87. The van der Waals surface area contributed by atoms with Crippen molar-refractivity contribution in [3.8, 4) is 5.75 Å². The molecule has 0 radical (unpaired) electrons. The summed E-state index contributed by atoms with van der Waals surface area (Å²) in [7, 11) is 0. The van der Waals surface area contributed by atoms with Gasteiger partial charge in [0, 0.05) is 6.20 Å². The van der Waals surface area contributed by atoms with Crippen LogP contribution in [0.25, 0.3) is 0 Å². The Bertz CT molecular complexity index is 1140. The zero-order chi connectivity index (χ0) is 24.2. The number of hydrazone groups is 1. The number of aromatic nitrogens is 1. The predicted octanol–water partition coefficient (Wildman–Crippen LogP) is 7.19. The molecule has 0 bridgehead atoms. The van der Waals surface area contributed by atoms with Crippen molar-refractivity contribution in [1.29, 1.82) is 0 Å². The molecule has 174 valence electrons. The molecule has 4 nitrogen and oxygen atoms in total. The quantitative estimate of drug-likeness (QED) is 0.227. The van der Waals surface area contributed by atoms with Gasteiger partial charge in [0.1, 0.15) is 12.4 Å². The molecule has 3 aromatic rings. The van der Waals surface area contributed by atoms with Crippen molar-refractivity contribution in [1.82, 2.24) is 4.98 Å². The lowest BCUT2D eigenvalue weighted by Crippen LogP contribution is -2.08. The van der Waals surface area contributed by atoms with Crippen LogP contribution < -0.4 is 10.2 Å². The van der Waals surface area contributed by atoms with E-state index in [0.717, 1.165) is 18.2 Å². The number of anilines is 1. The lowest BCUT2D eigenvalue weighted by Gasteiger charge is -2.11. The average molecular weight is 488 g/mol. The van der Waals surface area contributed by atoms with Gasteiger partial charge in [0.25, 0.3) is 0 Å². The van der Waals surface area contributed by atoms with Crippen LogP contribution in [0.3, 0.4) is 0 Å². The summed E-state index contributed by atoms with van der Waals surface area (Å²) in [5, 5.41) is 3.93. The first-order chi connectivity index (χ1) is 15.4. The average Bonchev–Trinajstić information content (AvgIpc) is 2.76. The van der Waals surface area contributed by atoms with Crippen LogP contribution >= 0.6 is 11.6 Å². The second-order valence-corrected chi connectivity index (χ2v) is 7.26. The molecule has 0 saturated heterocycles. The number of pyridine rings is 1. The molecule has 11 heteroatoms. The Morgan fingerprint density at radius 2 is 1.64 bits per heavy atom. The first-order valence-electron chi connectivity index (χ1n) is 9.36. The molecular formula is C22H16ClF6N3O. The number of hydrogen-bond donors (Lipinski definition) is 1. The molecule has 0 aliphatic rings. The summed E-state index contributed by atoms with van der Waals surface area (Å²) in [6.07, 6.45) is -8.31. The lowest BCUT2D eigenvalue weighted by atomic mass is 10.1. The Kier molecular flexibility index (Phi) is 7.16. The van der Waals surface area contributed by atoms with E-state index in [4.69, 9.17) is 16.3 Å². The molecule has 0 amide bonds. The number of nitrogens with zero attached hydrogens (tertiary/aromatic N) is 2. The van der Waals surface area contributed by atoms with E-state index in [1.807, 2.05) is 0 Å². The smallest absolute Gasteiger partial charge is 0.417 e. The Hall–Kier alpha value is -3.27. The second kappa shape index (κ2) is 9.70. The summed E-state index contributed by atoms with van der Waals surface area (Å²) < 4.78 is 81.9. The van der Waals surface area contributed by atoms with Crippen LogP contribution in [-0.2, 0) is 19.0 Å². The number of halogens is 7. The third kappa shape index (κ3) is 6.61. The molecule has 33 heavy (non-hydrogen) atoms. The van der Waals surface area contributed by atoms with Gasteiger partial charge in [-0.25, -0.2) is 0 Å². The fraction of sp³-hybridized carbons (Fsp3) is 0.182. The van der Waals surface area contributed by atoms with E-state index in [1.54, 1.807) is 31.2 Å². The fourth-order valence-electron chi connectivity index (χ4n) is 2.65. The maximum atomic E-state index is 12.8. The zero-order valence-corrected chi connectivity index (χ0v) is 17.7. The minimum atomic E-state index is -4.54.